The Morgan fingerprint density at radius 2 is 1.93 bits per heavy atom. The summed E-state index contributed by atoms with van der Waals surface area (Å²) in [6, 6.07) is 4.87. The molecule has 0 aromatic heterocycles. The fraction of sp³-hybridized carbons (Fsp3) is 0.143. The van der Waals surface area contributed by atoms with Crippen LogP contribution >= 0.6 is 0 Å². The number of hydrogen-bond acceptors (Lipinski definition) is 5. The highest BCUT2D eigenvalue weighted by atomic mass is 32.1. The lowest BCUT2D eigenvalue weighted by Crippen LogP contribution is -1.97. The molecule has 1 rings (SSSR count). The van der Waals surface area contributed by atoms with Crippen molar-refractivity contribution in [2.45, 2.75) is 6.92 Å². The molecule has 0 atom stereocenters. The molecular weight excluding hydrogens is 208 g/mol. The van der Waals surface area contributed by atoms with E-state index in [4.69, 9.17) is 14.2 Å². The van der Waals surface area contributed by atoms with Crippen LogP contribution in [0.15, 0.2) is 18.2 Å². The average Bonchev–Trinajstić information content (AvgIpc) is 2.04. The highest BCUT2D eigenvalue weighted by molar-refractivity contribution is 7.51. The Morgan fingerprint density at radius 3 is 2.21 bits per heavy atom. The number of nitrogens with zero attached hydrogens (tertiary/aromatic N) is 1. The molecule has 0 spiro atoms. The molecule has 7 heteroatoms. The van der Waals surface area contributed by atoms with Gasteiger partial charge in [0, 0.05) is 5.56 Å². The number of aryl methyl sites for hydroxylation is 1. The van der Waals surface area contributed by atoms with E-state index in [-0.39, 0.29) is 11.4 Å². The molecule has 0 saturated heterocycles. The lowest BCUT2D eigenvalue weighted by atomic mass is 10.2. The Kier molecular flexibility index (Phi) is 5.08. The molecular formula is C7H8N2O4S. The maximum absolute atomic E-state index is 10.4. The van der Waals surface area contributed by atoms with Gasteiger partial charge in [-0.1, -0.05) is 12.1 Å². The van der Waals surface area contributed by atoms with Crippen molar-refractivity contribution in [3.63, 3.8) is 0 Å². The summed E-state index contributed by atoms with van der Waals surface area (Å²) in [6.45, 7) is 1.66. The van der Waals surface area contributed by atoms with Gasteiger partial charge in [-0.05, 0) is 13.0 Å². The van der Waals surface area contributed by atoms with E-state index in [9.17, 15) is 10.1 Å². The number of nitrogen functional groups attached to an aromatic ring is 1. The minimum absolute atomic E-state index is 0.00694. The van der Waals surface area contributed by atoms with E-state index in [2.05, 4.69) is 0 Å². The summed E-state index contributed by atoms with van der Waals surface area (Å²) in [4.78, 5) is 9.90. The van der Waals surface area contributed by atoms with E-state index >= 15 is 0 Å². The minimum atomic E-state index is -0.750. The molecule has 2 N–H and O–H groups in total. The molecule has 0 amide bonds. The summed E-state index contributed by atoms with van der Waals surface area (Å²) in [7, 11) is 0. The van der Waals surface area contributed by atoms with Gasteiger partial charge < -0.3 is 5.73 Å². The zero-order chi connectivity index (χ0) is 11.1. The van der Waals surface area contributed by atoms with Crippen molar-refractivity contribution in [2.24, 2.45) is 0 Å². The number of nitro groups is 1. The molecule has 1 aromatic carbocycles. The first-order valence-electron chi connectivity index (χ1n) is 3.45. The summed E-state index contributed by atoms with van der Waals surface area (Å²) < 4.78 is 16.6. The molecule has 0 fully saturated rings. The van der Waals surface area contributed by atoms with Crippen molar-refractivity contribution in [1.82, 2.24) is 0 Å². The molecule has 76 valence electrons. The zero-order valence-electron chi connectivity index (χ0n) is 7.30. The second-order valence-electron chi connectivity index (χ2n) is 2.34. The summed E-state index contributed by atoms with van der Waals surface area (Å²) in [5, 5.41) is 10.4. The molecule has 0 aliphatic carbocycles. The van der Waals surface area contributed by atoms with Crippen LogP contribution in [0.5, 0.6) is 0 Å². The molecule has 0 saturated carbocycles. The molecule has 6 nitrogen and oxygen atoms in total. The second kappa shape index (κ2) is 5.81. The number of anilines is 1. The molecule has 0 aliphatic rings. The zero-order valence-corrected chi connectivity index (χ0v) is 8.11. The van der Waals surface area contributed by atoms with Gasteiger partial charge in [0.2, 0.25) is 0 Å². The van der Waals surface area contributed by atoms with Crippen molar-refractivity contribution >= 4 is 22.9 Å². The molecule has 1 aromatic rings. The quantitative estimate of drug-likeness (QED) is 0.425. The Hall–Kier alpha value is -1.76. The Bertz CT molecular complexity index is 354. The van der Waals surface area contributed by atoms with Crippen LogP contribution in [-0.2, 0) is 11.6 Å². The molecule has 0 radical (unpaired) electrons. The van der Waals surface area contributed by atoms with Crippen LogP contribution in [-0.4, -0.2) is 13.3 Å². The van der Waals surface area contributed by atoms with Gasteiger partial charge in [0.05, 0.1) is 4.92 Å². The number of nitrogens with two attached hydrogens (primary N) is 1. The predicted octanol–water partition coefficient (Wildman–Crippen LogP) is 0.815. The maximum atomic E-state index is 10.4. The smallest absolute Gasteiger partial charge is 0.335 e. The first kappa shape index (κ1) is 12.2. The van der Waals surface area contributed by atoms with Crippen LogP contribution < -0.4 is 5.73 Å². The summed E-state index contributed by atoms with van der Waals surface area (Å²) in [6.07, 6.45) is 0. The van der Waals surface area contributed by atoms with Gasteiger partial charge >= 0.3 is 11.6 Å². The first-order chi connectivity index (χ1) is 6.54. The van der Waals surface area contributed by atoms with Gasteiger partial charge in [0.15, 0.2) is 0 Å². The van der Waals surface area contributed by atoms with E-state index in [0.29, 0.717) is 5.56 Å². The third kappa shape index (κ3) is 3.31. The van der Waals surface area contributed by atoms with Crippen LogP contribution in [0.4, 0.5) is 11.4 Å². The fourth-order valence-corrected chi connectivity index (χ4v) is 0.931. The largest absolute Gasteiger partial charge is 0.393 e. The predicted molar refractivity (Wildman–Crippen MR) is 51.2 cm³/mol. The number of rotatable bonds is 1. The standard InChI is InChI=1S/C7H8N2O2.O2S/c1-5-3-2-4-6(8)7(5)9(10)11;1-3-2/h2-4H,8H2,1H3;. The van der Waals surface area contributed by atoms with Gasteiger partial charge in [-0.25, -0.2) is 0 Å². The molecule has 0 aliphatic heterocycles. The summed E-state index contributed by atoms with van der Waals surface area (Å²) in [5.74, 6) is 0. The highest BCUT2D eigenvalue weighted by Gasteiger charge is 2.12. The van der Waals surface area contributed by atoms with E-state index in [1.807, 2.05) is 0 Å². The molecule has 0 bridgehead atoms. The summed E-state index contributed by atoms with van der Waals surface area (Å²) in [5.41, 5.74) is 6.20. The number of para-hydroxylation sites is 1. The SMILES string of the molecule is Cc1cccc(N)c1[N+](=O)[O-].O=S=O. The number of nitro benzene ring substituents is 1. The van der Waals surface area contributed by atoms with E-state index < -0.39 is 16.5 Å². The van der Waals surface area contributed by atoms with Crippen molar-refractivity contribution in [3.8, 4) is 0 Å². The topological polar surface area (TPSA) is 103 Å². The van der Waals surface area contributed by atoms with Crippen molar-refractivity contribution in [1.29, 1.82) is 0 Å². The van der Waals surface area contributed by atoms with Crippen LogP contribution in [0.25, 0.3) is 0 Å². The average molecular weight is 216 g/mol. The third-order valence-corrected chi connectivity index (χ3v) is 1.45. The Balaban J connectivity index is 0.000000500. The maximum Gasteiger partial charge on any atom is 0.335 e. The lowest BCUT2D eigenvalue weighted by Gasteiger charge is -1.98. The Morgan fingerprint density at radius 1 is 1.43 bits per heavy atom. The van der Waals surface area contributed by atoms with Crippen molar-refractivity contribution in [2.75, 3.05) is 5.73 Å². The molecule has 14 heavy (non-hydrogen) atoms. The van der Waals surface area contributed by atoms with Gasteiger partial charge in [-0.3, -0.25) is 10.1 Å². The lowest BCUT2D eigenvalue weighted by molar-refractivity contribution is -0.384. The molecule has 0 heterocycles. The van der Waals surface area contributed by atoms with Crippen LogP contribution in [0, 0.1) is 17.0 Å². The molecule has 0 unspecified atom stereocenters. The number of benzene rings is 1. The van der Waals surface area contributed by atoms with E-state index in [1.54, 1.807) is 19.1 Å². The van der Waals surface area contributed by atoms with Crippen LogP contribution in [0.2, 0.25) is 0 Å². The normalized spacial score (nSPS) is 8.36. The first-order valence-corrected chi connectivity index (χ1v) is 4.12. The second-order valence-corrected chi connectivity index (χ2v) is 2.47. The van der Waals surface area contributed by atoms with Crippen LogP contribution in [0.3, 0.4) is 0 Å². The summed E-state index contributed by atoms with van der Waals surface area (Å²) >= 11 is -0.750. The highest BCUT2D eigenvalue weighted by Crippen LogP contribution is 2.24. The fourth-order valence-electron chi connectivity index (χ4n) is 0.931. The van der Waals surface area contributed by atoms with Crippen molar-refractivity contribution in [3.05, 3.63) is 33.9 Å². The van der Waals surface area contributed by atoms with E-state index in [1.165, 1.54) is 6.07 Å². The van der Waals surface area contributed by atoms with Crippen LogP contribution in [0.1, 0.15) is 5.56 Å². The monoisotopic (exact) mass is 216 g/mol. The minimum Gasteiger partial charge on any atom is -0.393 e. The number of hydrogen-bond donors (Lipinski definition) is 1. The van der Waals surface area contributed by atoms with Gasteiger partial charge in [0.25, 0.3) is 5.69 Å². The van der Waals surface area contributed by atoms with E-state index in [0.717, 1.165) is 0 Å². The Labute approximate surface area is 83.5 Å². The van der Waals surface area contributed by atoms with Gasteiger partial charge in [-0.2, -0.15) is 8.42 Å². The third-order valence-electron chi connectivity index (χ3n) is 1.45. The van der Waals surface area contributed by atoms with Crippen molar-refractivity contribution < 1.29 is 13.3 Å². The van der Waals surface area contributed by atoms with Gasteiger partial charge in [-0.15, -0.1) is 0 Å². The van der Waals surface area contributed by atoms with Gasteiger partial charge in [0.1, 0.15) is 5.69 Å².